The van der Waals surface area contributed by atoms with E-state index >= 15 is 0 Å². The molecule has 3 heteroatoms. The average Bonchev–Trinajstić information content (AvgIpc) is 2.35. The van der Waals surface area contributed by atoms with Crippen LogP contribution in [0.25, 0.3) is 0 Å². The van der Waals surface area contributed by atoms with Crippen molar-refractivity contribution in [1.29, 1.82) is 0 Å². The first-order valence-corrected chi connectivity index (χ1v) is 6.20. The van der Waals surface area contributed by atoms with E-state index in [2.05, 4.69) is 23.8 Å². The van der Waals surface area contributed by atoms with E-state index in [9.17, 15) is 5.11 Å². The molecule has 1 aromatic heterocycles. The molecule has 0 aliphatic carbocycles. The van der Waals surface area contributed by atoms with Crippen LogP contribution in [-0.2, 0) is 0 Å². The minimum Gasteiger partial charge on any atom is -0.388 e. The maximum absolute atomic E-state index is 10.0. The largest absolute Gasteiger partial charge is 0.388 e. The Bertz CT molecular complexity index is 277. The highest BCUT2D eigenvalue weighted by Gasteiger charge is 2.14. The fraction of sp³-hybridized carbons (Fsp3) is 0.692. The molecule has 90 valence electrons. The molecule has 1 heterocycles. The molecule has 1 aromatic rings. The predicted molar refractivity (Wildman–Crippen MR) is 64.9 cm³/mol. The molecule has 1 rings (SSSR count). The van der Waals surface area contributed by atoms with Gasteiger partial charge < -0.3 is 5.11 Å². The highest BCUT2D eigenvalue weighted by atomic mass is 16.3. The molecule has 0 aliphatic rings. The van der Waals surface area contributed by atoms with Gasteiger partial charge in [-0.3, -0.25) is 0 Å². The number of unbranched alkanes of at least 4 members (excludes halogenated alkanes) is 1. The van der Waals surface area contributed by atoms with Gasteiger partial charge in [-0.1, -0.05) is 39.5 Å². The van der Waals surface area contributed by atoms with Crippen molar-refractivity contribution < 1.29 is 5.11 Å². The van der Waals surface area contributed by atoms with E-state index < -0.39 is 6.10 Å². The molecular weight excluding hydrogens is 200 g/mol. The van der Waals surface area contributed by atoms with Gasteiger partial charge in [0.1, 0.15) is 6.33 Å². The molecule has 2 unspecified atom stereocenters. The van der Waals surface area contributed by atoms with Gasteiger partial charge in [0.05, 0.1) is 6.10 Å². The van der Waals surface area contributed by atoms with Gasteiger partial charge in [0.15, 0.2) is 0 Å². The van der Waals surface area contributed by atoms with Gasteiger partial charge in [-0.2, -0.15) is 0 Å². The third kappa shape index (κ3) is 4.27. The molecule has 0 spiro atoms. The lowest BCUT2D eigenvalue weighted by Gasteiger charge is -2.18. The lowest BCUT2D eigenvalue weighted by Crippen LogP contribution is -2.07. The summed E-state index contributed by atoms with van der Waals surface area (Å²) in [7, 11) is 0. The Morgan fingerprint density at radius 2 is 1.94 bits per heavy atom. The average molecular weight is 222 g/mol. The van der Waals surface area contributed by atoms with E-state index in [0.717, 1.165) is 18.4 Å². The summed E-state index contributed by atoms with van der Waals surface area (Å²) in [5.41, 5.74) is 0.831. The number of nitrogens with zero attached hydrogens (tertiary/aromatic N) is 2. The topological polar surface area (TPSA) is 46.0 Å². The Morgan fingerprint density at radius 1 is 1.25 bits per heavy atom. The molecular formula is C13H22N2O. The van der Waals surface area contributed by atoms with Crippen molar-refractivity contribution in [3.05, 3.63) is 24.3 Å². The van der Waals surface area contributed by atoms with Crippen LogP contribution in [0.5, 0.6) is 0 Å². The minimum absolute atomic E-state index is 0.414. The maximum atomic E-state index is 10.0. The van der Waals surface area contributed by atoms with E-state index in [4.69, 9.17) is 0 Å². The zero-order chi connectivity index (χ0) is 11.8. The Balaban J connectivity index is 2.45. The van der Waals surface area contributed by atoms with E-state index in [1.165, 1.54) is 25.6 Å². The van der Waals surface area contributed by atoms with Gasteiger partial charge >= 0.3 is 0 Å². The lowest BCUT2D eigenvalue weighted by atomic mass is 9.91. The summed E-state index contributed by atoms with van der Waals surface area (Å²) < 4.78 is 0. The van der Waals surface area contributed by atoms with Gasteiger partial charge in [-0.15, -0.1) is 0 Å². The fourth-order valence-corrected chi connectivity index (χ4v) is 1.92. The second-order valence-electron chi connectivity index (χ2n) is 4.34. The second kappa shape index (κ2) is 7.34. The molecule has 0 aliphatic heterocycles. The number of aliphatic hydroxyl groups is 1. The van der Waals surface area contributed by atoms with E-state index in [1.807, 2.05) is 0 Å². The van der Waals surface area contributed by atoms with Crippen LogP contribution >= 0.6 is 0 Å². The Labute approximate surface area is 97.9 Å². The molecule has 0 amide bonds. The summed E-state index contributed by atoms with van der Waals surface area (Å²) in [6.07, 6.45) is 10.1. The Kier molecular flexibility index (Phi) is 6.01. The van der Waals surface area contributed by atoms with Crippen LogP contribution in [-0.4, -0.2) is 15.1 Å². The molecule has 0 fully saturated rings. The van der Waals surface area contributed by atoms with Crippen molar-refractivity contribution >= 4 is 0 Å². The summed E-state index contributed by atoms with van der Waals surface area (Å²) in [4.78, 5) is 7.86. The van der Waals surface area contributed by atoms with Crippen LogP contribution in [0.3, 0.4) is 0 Å². The summed E-state index contributed by atoms with van der Waals surface area (Å²) in [6.45, 7) is 4.39. The normalized spacial score (nSPS) is 14.7. The first kappa shape index (κ1) is 13.1. The predicted octanol–water partition coefficient (Wildman–Crippen LogP) is 3.12. The minimum atomic E-state index is -0.414. The number of aromatic nitrogens is 2. The zero-order valence-corrected chi connectivity index (χ0v) is 10.3. The molecule has 0 radical (unpaired) electrons. The van der Waals surface area contributed by atoms with E-state index in [1.54, 1.807) is 12.4 Å². The summed E-state index contributed by atoms with van der Waals surface area (Å²) >= 11 is 0. The van der Waals surface area contributed by atoms with E-state index in [-0.39, 0.29) is 0 Å². The first-order valence-electron chi connectivity index (χ1n) is 6.20. The van der Waals surface area contributed by atoms with Crippen molar-refractivity contribution in [1.82, 2.24) is 9.97 Å². The molecule has 0 saturated heterocycles. The van der Waals surface area contributed by atoms with Crippen LogP contribution in [0.1, 0.15) is 57.6 Å². The van der Waals surface area contributed by atoms with Gasteiger partial charge in [-0.05, 0) is 12.3 Å². The van der Waals surface area contributed by atoms with Crippen LogP contribution < -0.4 is 0 Å². The highest BCUT2D eigenvalue weighted by molar-refractivity contribution is 5.06. The van der Waals surface area contributed by atoms with E-state index in [0.29, 0.717) is 5.92 Å². The molecule has 16 heavy (non-hydrogen) atoms. The summed E-state index contributed by atoms with van der Waals surface area (Å²) in [6, 6.07) is 0. The van der Waals surface area contributed by atoms with Crippen molar-refractivity contribution in [2.75, 3.05) is 0 Å². The van der Waals surface area contributed by atoms with Crippen LogP contribution in [0.4, 0.5) is 0 Å². The van der Waals surface area contributed by atoms with Crippen molar-refractivity contribution in [2.24, 2.45) is 5.92 Å². The monoisotopic (exact) mass is 222 g/mol. The third-order valence-electron chi connectivity index (χ3n) is 3.07. The number of hydrogen-bond donors (Lipinski definition) is 1. The fourth-order valence-electron chi connectivity index (χ4n) is 1.92. The van der Waals surface area contributed by atoms with Crippen molar-refractivity contribution in [3.63, 3.8) is 0 Å². The Hall–Kier alpha value is -0.960. The van der Waals surface area contributed by atoms with Gasteiger partial charge in [0.25, 0.3) is 0 Å². The van der Waals surface area contributed by atoms with Crippen molar-refractivity contribution in [2.45, 2.75) is 52.1 Å². The van der Waals surface area contributed by atoms with Gasteiger partial charge in [-0.25, -0.2) is 9.97 Å². The second-order valence-corrected chi connectivity index (χ2v) is 4.34. The Morgan fingerprint density at radius 3 is 2.50 bits per heavy atom. The molecule has 0 saturated carbocycles. The molecule has 1 N–H and O–H groups in total. The number of aliphatic hydroxyl groups excluding tert-OH is 1. The lowest BCUT2D eigenvalue weighted by molar-refractivity contribution is 0.138. The van der Waals surface area contributed by atoms with Crippen LogP contribution in [0.2, 0.25) is 0 Å². The molecule has 2 atom stereocenters. The smallest absolute Gasteiger partial charge is 0.115 e. The standard InChI is InChI=1S/C13H22N2O/c1-3-5-6-11(4-2)7-13(16)12-8-14-10-15-9-12/h8-11,13,16H,3-7H2,1-2H3. The van der Waals surface area contributed by atoms with Gasteiger partial charge in [0.2, 0.25) is 0 Å². The summed E-state index contributed by atoms with van der Waals surface area (Å²) in [5, 5.41) is 10.0. The third-order valence-corrected chi connectivity index (χ3v) is 3.07. The van der Waals surface area contributed by atoms with Gasteiger partial charge in [0, 0.05) is 18.0 Å². The number of rotatable bonds is 7. The summed E-state index contributed by atoms with van der Waals surface area (Å²) in [5.74, 6) is 0.607. The molecule has 0 aromatic carbocycles. The SMILES string of the molecule is CCCCC(CC)CC(O)c1cncnc1. The van der Waals surface area contributed by atoms with Crippen LogP contribution in [0.15, 0.2) is 18.7 Å². The van der Waals surface area contributed by atoms with Crippen LogP contribution in [0, 0.1) is 5.92 Å². The quantitative estimate of drug-likeness (QED) is 0.771. The molecule has 3 nitrogen and oxygen atoms in total. The first-order chi connectivity index (χ1) is 7.77. The zero-order valence-electron chi connectivity index (χ0n) is 10.3. The number of hydrogen-bond acceptors (Lipinski definition) is 3. The highest BCUT2D eigenvalue weighted by Crippen LogP contribution is 2.25. The van der Waals surface area contributed by atoms with Crippen molar-refractivity contribution in [3.8, 4) is 0 Å². The molecule has 0 bridgehead atoms. The maximum Gasteiger partial charge on any atom is 0.115 e.